The van der Waals surface area contributed by atoms with Gasteiger partial charge in [-0.25, -0.2) is 17.9 Å². The third kappa shape index (κ3) is 5.62. The van der Waals surface area contributed by atoms with E-state index in [-0.39, 0.29) is 21.2 Å². The molecule has 0 aromatic heterocycles. The number of para-hydroxylation sites is 1. The molecule has 0 spiro atoms. The van der Waals surface area contributed by atoms with Gasteiger partial charge in [0.1, 0.15) is 10.6 Å². The first-order valence-electron chi connectivity index (χ1n) is 9.07. The molecular weight excluding hydrogens is 440 g/mol. The molecule has 0 bridgehead atoms. The van der Waals surface area contributed by atoms with Crippen LogP contribution in [0.1, 0.15) is 11.1 Å². The Hall–Kier alpha value is -3.37. The Labute approximate surface area is 181 Å². The third-order valence-corrected chi connectivity index (χ3v) is 6.85. The third-order valence-electron chi connectivity index (χ3n) is 4.25. The number of carbonyl (C=O) groups excluding carboxylic acids is 1. The molecule has 0 aliphatic carbocycles. The smallest absolute Gasteiger partial charge is 0.339 e. The summed E-state index contributed by atoms with van der Waals surface area (Å²) in [6.07, 6.45) is 0. The molecule has 162 valence electrons. The molecule has 0 unspecified atom stereocenters. The summed E-state index contributed by atoms with van der Waals surface area (Å²) in [5, 5.41) is 2.35. The van der Waals surface area contributed by atoms with Gasteiger partial charge in [-0.3, -0.25) is 0 Å². The van der Waals surface area contributed by atoms with Gasteiger partial charge < -0.3 is 9.50 Å². The Bertz CT molecular complexity index is 1300. The first-order valence-corrected chi connectivity index (χ1v) is 12.0. The zero-order valence-corrected chi connectivity index (χ0v) is 18.3. The van der Waals surface area contributed by atoms with E-state index in [9.17, 15) is 21.6 Å². The second-order valence-corrected chi connectivity index (χ2v) is 9.93. The minimum absolute atomic E-state index is 0.0527. The molecule has 10 heteroatoms. The van der Waals surface area contributed by atoms with Crippen LogP contribution in [0.5, 0.6) is 5.75 Å². The molecule has 0 atom stereocenters. The number of hydrogen-bond donors (Lipinski definition) is 2. The summed E-state index contributed by atoms with van der Waals surface area (Å²) in [5.74, 6) is 0.213. The maximum atomic E-state index is 12.5. The molecule has 0 heterocycles. The molecule has 8 nitrogen and oxygen atoms in total. The molecule has 0 fully saturated rings. The van der Waals surface area contributed by atoms with Crippen molar-refractivity contribution in [3.63, 3.8) is 0 Å². The van der Waals surface area contributed by atoms with E-state index in [1.807, 2.05) is 11.6 Å². The fourth-order valence-corrected chi connectivity index (χ4v) is 4.47. The predicted molar refractivity (Wildman–Crippen MR) is 116 cm³/mol. The Morgan fingerprint density at radius 3 is 1.97 bits per heavy atom. The lowest BCUT2D eigenvalue weighted by Crippen LogP contribution is -2.34. The van der Waals surface area contributed by atoms with E-state index >= 15 is 0 Å². The number of nitrogens with one attached hydrogen (secondary N) is 2. The minimum Gasteiger partial charge on any atom is -0.379 e. The largest absolute Gasteiger partial charge is 0.379 e. The second-order valence-electron chi connectivity index (χ2n) is 6.70. The Morgan fingerprint density at radius 1 is 0.774 bits per heavy atom. The van der Waals surface area contributed by atoms with Crippen molar-refractivity contribution < 1.29 is 25.8 Å². The molecule has 0 radical (unpaired) electrons. The Morgan fingerprint density at radius 2 is 1.35 bits per heavy atom. The predicted octanol–water partition coefficient (Wildman–Crippen LogP) is 3.58. The maximum Gasteiger partial charge on any atom is 0.339 e. The van der Waals surface area contributed by atoms with Crippen LogP contribution in [0.4, 0.5) is 10.5 Å². The van der Waals surface area contributed by atoms with Crippen LogP contribution in [-0.4, -0.2) is 22.9 Å². The van der Waals surface area contributed by atoms with Gasteiger partial charge in [-0.15, -0.1) is 0 Å². The molecule has 0 saturated carbocycles. The van der Waals surface area contributed by atoms with Crippen molar-refractivity contribution in [3.05, 3.63) is 83.9 Å². The Balaban J connectivity index is 1.68. The van der Waals surface area contributed by atoms with Crippen LogP contribution in [0.2, 0.25) is 0 Å². The molecule has 3 aromatic rings. The summed E-state index contributed by atoms with van der Waals surface area (Å²) in [6, 6.07) is 16.9. The topological polar surface area (TPSA) is 119 Å². The van der Waals surface area contributed by atoms with Gasteiger partial charge in [0.25, 0.3) is 10.0 Å². The van der Waals surface area contributed by atoms with Crippen LogP contribution >= 0.6 is 0 Å². The van der Waals surface area contributed by atoms with Crippen LogP contribution in [-0.2, 0) is 20.1 Å². The summed E-state index contributed by atoms with van der Waals surface area (Å²) in [5.41, 5.74) is 1.74. The van der Waals surface area contributed by atoms with E-state index in [1.54, 1.807) is 43.3 Å². The van der Waals surface area contributed by atoms with Crippen LogP contribution in [0.15, 0.2) is 82.6 Å². The summed E-state index contributed by atoms with van der Waals surface area (Å²) in [6.45, 7) is 3.54. The molecule has 2 amide bonds. The van der Waals surface area contributed by atoms with Crippen molar-refractivity contribution >= 4 is 31.9 Å². The molecule has 3 rings (SSSR count). The fraction of sp³-hybridized carbons (Fsp3) is 0.0952. The summed E-state index contributed by atoms with van der Waals surface area (Å²) in [7, 11) is -8.12. The average molecular weight is 461 g/mol. The van der Waals surface area contributed by atoms with Crippen LogP contribution in [0.3, 0.4) is 0 Å². The molecule has 3 aromatic carbocycles. The van der Waals surface area contributed by atoms with Crippen LogP contribution in [0, 0.1) is 13.8 Å². The standard InChI is InChI=1S/C21H20N2O6S2/c1-15-7-11-18(12-8-15)30(25,26)23-21(24)22-17-9-13-19(14-10-17)31(27,28)29-20-6-4-3-5-16(20)2/h3-14H,1-2H3,(H2,22,23,24). The molecular formula is C21H20N2O6S2. The highest BCUT2D eigenvalue weighted by Gasteiger charge is 2.19. The van der Waals surface area contributed by atoms with E-state index in [2.05, 4.69) is 5.32 Å². The van der Waals surface area contributed by atoms with E-state index in [1.165, 1.54) is 36.4 Å². The van der Waals surface area contributed by atoms with E-state index in [4.69, 9.17) is 4.18 Å². The van der Waals surface area contributed by atoms with Gasteiger partial charge in [-0.05, 0) is 61.9 Å². The quantitative estimate of drug-likeness (QED) is 0.543. The number of rotatable bonds is 6. The number of carbonyl (C=O) groups is 1. The van der Waals surface area contributed by atoms with Gasteiger partial charge in [0.2, 0.25) is 0 Å². The lowest BCUT2D eigenvalue weighted by atomic mass is 10.2. The second kappa shape index (κ2) is 8.78. The van der Waals surface area contributed by atoms with E-state index < -0.39 is 26.2 Å². The highest BCUT2D eigenvalue weighted by molar-refractivity contribution is 7.90. The van der Waals surface area contributed by atoms with Gasteiger partial charge >= 0.3 is 16.1 Å². The number of hydrogen-bond acceptors (Lipinski definition) is 6. The zero-order chi connectivity index (χ0) is 22.6. The van der Waals surface area contributed by atoms with Gasteiger partial charge in [-0.2, -0.15) is 8.42 Å². The number of sulfonamides is 1. The van der Waals surface area contributed by atoms with Crippen molar-refractivity contribution in [2.24, 2.45) is 0 Å². The van der Waals surface area contributed by atoms with E-state index in [0.717, 1.165) is 5.56 Å². The Kier molecular flexibility index (Phi) is 6.32. The van der Waals surface area contributed by atoms with Gasteiger partial charge in [0.05, 0.1) is 4.90 Å². The number of urea groups is 1. The lowest BCUT2D eigenvalue weighted by molar-refractivity contribution is 0.256. The zero-order valence-electron chi connectivity index (χ0n) is 16.7. The van der Waals surface area contributed by atoms with Gasteiger partial charge in [-0.1, -0.05) is 35.9 Å². The number of aryl methyl sites for hydroxylation is 2. The minimum atomic E-state index is -4.07. The molecule has 31 heavy (non-hydrogen) atoms. The average Bonchev–Trinajstić information content (AvgIpc) is 2.70. The van der Waals surface area contributed by atoms with E-state index in [0.29, 0.717) is 5.56 Å². The van der Waals surface area contributed by atoms with Crippen molar-refractivity contribution in [1.82, 2.24) is 4.72 Å². The van der Waals surface area contributed by atoms with Gasteiger partial charge in [0, 0.05) is 5.69 Å². The summed E-state index contributed by atoms with van der Waals surface area (Å²) < 4.78 is 56.5. The summed E-state index contributed by atoms with van der Waals surface area (Å²) in [4.78, 5) is 11.9. The first-order chi connectivity index (χ1) is 14.6. The lowest BCUT2D eigenvalue weighted by Gasteiger charge is -2.11. The van der Waals surface area contributed by atoms with Crippen molar-refractivity contribution in [3.8, 4) is 5.75 Å². The van der Waals surface area contributed by atoms with Crippen molar-refractivity contribution in [1.29, 1.82) is 0 Å². The highest BCUT2D eigenvalue weighted by Crippen LogP contribution is 2.23. The summed E-state index contributed by atoms with van der Waals surface area (Å²) >= 11 is 0. The van der Waals surface area contributed by atoms with Gasteiger partial charge in [0.15, 0.2) is 0 Å². The van der Waals surface area contributed by atoms with Crippen molar-refractivity contribution in [2.75, 3.05) is 5.32 Å². The fourth-order valence-electron chi connectivity index (χ4n) is 2.58. The molecule has 2 N–H and O–H groups in total. The van der Waals surface area contributed by atoms with Crippen LogP contribution < -0.4 is 14.2 Å². The van der Waals surface area contributed by atoms with Crippen molar-refractivity contribution in [2.45, 2.75) is 23.6 Å². The molecule has 0 saturated heterocycles. The maximum absolute atomic E-state index is 12.5. The first kappa shape index (κ1) is 22.3. The molecule has 0 aliphatic rings. The number of benzene rings is 3. The van der Waals surface area contributed by atoms with Crippen LogP contribution in [0.25, 0.3) is 0 Å². The highest BCUT2D eigenvalue weighted by atomic mass is 32.2. The number of amides is 2. The monoisotopic (exact) mass is 460 g/mol. The number of anilines is 1. The normalized spacial score (nSPS) is 11.5. The molecule has 0 aliphatic heterocycles. The SMILES string of the molecule is Cc1ccc(S(=O)(=O)NC(=O)Nc2ccc(S(=O)(=O)Oc3ccccc3C)cc2)cc1.